The number of hydrogen-bond acceptors (Lipinski definition) is 7. The van der Waals surface area contributed by atoms with Gasteiger partial charge in [0.1, 0.15) is 5.75 Å². The number of rotatable bonds is 4. The highest BCUT2D eigenvalue weighted by molar-refractivity contribution is 7.88. The van der Waals surface area contributed by atoms with Gasteiger partial charge < -0.3 is 9.47 Å². The fourth-order valence-electron chi connectivity index (χ4n) is 2.20. The van der Waals surface area contributed by atoms with E-state index in [1.54, 1.807) is 30.3 Å². The summed E-state index contributed by atoms with van der Waals surface area (Å²) < 4.78 is 39.8. The highest BCUT2D eigenvalue weighted by atomic mass is 32.2. The fourth-order valence-corrected chi connectivity index (χ4v) is 3.20. The van der Waals surface area contributed by atoms with Crippen LogP contribution in [-0.4, -0.2) is 36.8 Å². The van der Waals surface area contributed by atoms with E-state index >= 15 is 0 Å². The molecular weight excluding hydrogens is 376 g/mol. The van der Waals surface area contributed by atoms with Gasteiger partial charge in [-0.05, 0) is 17.7 Å². The molecule has 0 atom stereocenters. The normalized spacial score (nSPS) is 15.5. The van der Waals surface area contributed by atoms with Crippen molar-refractivity contribution >= 4 is 27.9 Å². The van der Waals surface area contributed by atoms with E-state index in [9.17, 15) is 18.5 Å². The van der Waals surface area contributed by atoms with Crippen molar-refractivity contribution in [3.63, 3.8) is 0 Å². The van der Waals surface area contributed by atoms with Crippen LogP contribution >= 0.6 is 0 Å². The zero-order valence-corrected chi connectivity index (χ0v) is 14.9. The first-order valence-electron chi connectivity index (χ1n) is 7.60. The molecular formula is C16H14N4O6S. The third-order valence-electron chi connectivity index (χ3n) is 3.48. The van der Waals surface area contributed by atoms with Crippen LogP contribution in [0.4, 0.5) is 5.69 Å². The Morgan fingerprint density at radius 3 is 2.37 bits per heavy atom. The predicted octanol–water partition coefficient (Wildman–Crippen LogP) is 2.09. The Bertz CT molecular complexity index is 1000. The summed E-state index contributed by atoms with van der Waals surface area (Å²) in [5, 5.41) is 10.7. The Hall–Kier alpha value is -3.47. The minimum absolute atomic E-state index is 0.0600. The molecule has 140 valence electrons. The molecule has 0 aliphatic carbocycles. The molecule has 2 aromatic rings. The first-order valence-corrected chi connectivity index (χ1v) is 9.00. The molecule has 0 fully saturated rings. The Morgan fingerprint density at radius 1 is 1.11 bits per heavy atom. The number of nitro groups is 1. The molecule has 27 heavy (non-hydrogen) atoms. The second-order valence-electron chi connectivity index (χ2n) is 5.30. The fraction of sp³-hybridized carbons (Fsp3) is 0.125. The summed E-state index contributed by atoms with van der Waals surface area (Å²) in [6.07, 6.45) is 0. The van der Waals surface area contributed by atoms with Gasteiger partial charge in [-0.3, -0.25) is 10.1 Å². The number of hydrogen-bond donors (Lipinski definition) is 0. The minimum atomic E-state index is -4.14. The molecule has 0 saturated heterocycles. The molecule has 0 amide bonds. The number of non-ortho nitro benzene ring substituents is 1. The first kappa shape index (κ1) is 18.3. The number of amidine groups is 2. The van der Waals surface area contributed by atoms with Crippen LogP contribution in [0.5, 0.6) is 5.75 Å². The third-order valence-corrected chi connectivity index (χ3v) is 4.71. The van der Waals surface area contributed by atoms with E-state index in [2.05, 4.69) is 9.39 Å². The smallest absolute Gasteiger partial charge is 0.353 e. The number of nitrogens with zero attached hydrogens (tertiary/aromatic N) is 4. The zero-order valence-electron chi connectivity index (χ0n) is 14.0. The van der Waals surface area contributed by atoms with Crippen LogP contribution in [-0.2, 0) is 21.5 Å². The summed E-state index contributed by atoms with van der Waals surface area (Å²) in [4.78, 5) is 14.2. The summed E-state index contributed by atoms with van der Waals surface area (Å²) in [6.45, 7) is -0.0600. The molecule has 0 saturated carbocycles. The molecule has 1 aliphatic heterocycles. The number of methoxy groups -OCH3 is 1. The summed E-state index contributed by atoms with van der Waals surface area (Å²) in [5.41, 5.74) is 0.568. The van der Waals surface area contributed by atoms with Gasteiger partial charge in [0.15, 0.2) is 0 Å². The maximum absolute atomic E-state index is 12.5. The van der Waals surface area contributed by atoms with E-state index in [0.717, 1.165) is 4.31 Å². The molecule has 1 heterocycles. The van der Waals surface area contributed by atoms with Gasteiger partial charge in [0, 0.05) is 12.1 Å². The molecule has 0 unspecified atom stereocenters. The molecule has 0 radical (unpaired) electrons. The molecule has 2 aromatic carbocycles. The second kappa shape index (κ2) is 7.41. The average molecular weight is 390 g/mol. The zero-order chi connectivity index (χ0) is 19.4. The molecule has 0 bridgehead atoms. The van der Waals surface area contributed by atoms with E-state index < -0.39 is 15.1 Å². The van der Waals surface area contributed by atoms with Crippen molar-refractivity contribution in [1.29, 1.82) is 0 Å². The monoisotopic (exact) mass is 390 g/mol. The maximum atomic E-state index is 12.5. The molecule has 10 nitrogen and oxygen atoms in total. The van der Waals surface area contributed by atoms with Crippen LogP contribution in [0.15, 0.2) is 64.0 Å². The Balaban J connectivity index is 1.93. The van der Waals surface area contributed by atoms with Crippen LogP contribution in [0.1, 0.15) is 5.56 Å². The van der Waals surface area contributed by atoms with Gasteiger partial charge >= 0.3 is 22.3 Å². The molecule has 0 spiro atoms. The lowest BCUT2D eigenvalue weighted by atomic mass is 10.2. The second-order valence-corrected chi connectivity index (χ2v) is 6.81. The Kier molecular flexibility index (Phi) is 5.03. The number of benzene rings is 2. The summed E-state index contributed by atoms with van der Waals surface area (Å²) in [7, 11) is -2.91. The van der Waals surface area contributed by atoms with Crippen molar-refractivity contribution < 1.29 is 22.8 Å². The molecule has 3 rings (SSSR count). The lowest BCUT2D eigenvalue weighted by molar-refractivity contribution is -0.384. The van der Waals surface area contributed by atoms with E-state index in [0.29, 0.717) is 5.56 Å². The van der Waals surface area contributed by atoms with E-state index in [1.165, 1.54) is 31.4 Å². The van der Waals surface area contributed by atoms with Crippen molar-refractivity contribution in [2.75, 3.05) is 7.11 Å². The maximum Gasteiger partial charge on any atom is 0.353 e. The van der Waals surface area contributed by atoms with Gasteiger partial charge in [0.2, 0.25) is 0 Å². The molecule has 0 aromatic heterocycles. The lowest BCUT2D eigenvalue weighted by Gasteiger charge is -2.25. The molecule has 11 heteroatoms. The van der Waals surface area contributed by atoms with Crippen molar-refractivity contribution in [3.05, 3.63) is 70.3 Å². The standard InChI is InChI=1S/C16H14N4O6S/c1-25-15-17-16(26-14-9-7-13(8-10-14)20(21)22)19(27(23,24)18-15)11-12-5-3-2-4-6-12/h2-10H,11H2,1H3. The van der Waals surface area contributed by atoms with E-state index in [-0.39, 0.29) is 30.0 Å². The highest BCUT2D eigenvalue weighted by Gasteiger charge is 2.33. The van der Waals surface area contributed by atoms with Crippen LogP contribution in [0.3, 0.4) is 0 Å². The summed E-state index contributed by atoms with van der Waals surface area (Å²) in [5.74, 6) is 0.171. The van der Waals surface area contributed by atoms with Crippen molar-refractivity contribution in [2.24, 2.45) is 9.39 Å². The summed E-state index contributed by atoms with van der Waals surface area (Å²) >= 11 is 0. The quantitative estimate of drug-likeness (QED) is 0.582. The van der Waals surface area contributed by atoms with Gasteiger partial charge in [0.25, 0.3) is 5.69 Å². The van der Waals surface area contributed by atoms with Crippen LogP contribution in [0.25, 0.3) is 0 Å². The molecule has 0 N–H and O–H groups in total. The lowest BCUT2D eigenvalue weighted by Crippen LogP contribution is -2.42. The molecule has 1 aliphatic rings. The highest BCUT2D eigenvalue weighted by Crippen LogP contribution is 2.22. The summed E-state index contributed by atoms with van der Waals surface area (Å²) in [6, 6.07) is 13.3. The largest absolute Gasteiger partial charge is 0.466 e. The van der Waals surface area contributed by atoms with Gasteiger partial charge in [-0.1, -0.05) is 34.7 Å². The van der Waals surface area contributed by atoms with Gasteiger partial charge in [-0.25, -0.2) is 0 Å². The van der Waals surface area contributed by atoms with Crippen molar-refractivity contribution in [1.82, 2.24) is 4.31 Å². The first-order chi connectivity index (χ1) is 12.9. The van der Waals surface area contributed by atoms with Crippen LogP contribution in [0.2, 0.25) is 0 Å². The van der Waals surface area contributed by atoms with Crippen molar-refractivity contribution in [2.45, 2.75) is 6.54 Å². The SMILES string of the molecule is COC1=NS(=O)(=O)N(Cc2ccccc2)C(Oc2ccc([N+](=O)[O-])cc2)=N1. The number of aliphatic imine (C=N–C) groups is 1. The third kappa shape index (κ3) is 4.20. The van der Waals surface area contributed by atoms with Gasteiger partial charge in [-0.2, -0.15) is 12.7 Å². The Morgan fingerprint density at radius 2 is 1.78 bits per heavy atom. The predicted molar refractivity (Wildman–Crippen MR) is 96.5 cm³/mol. The van der Waals surface area contributed by atoms with Gasteiger partial charge in [-0.15, -0.1) is 4.99 Å². The topological polar surface area (TPSA) is 124 Å². The number of nitro benzene ring substituents is 1. The average Bonchev–Trinajstić information content (AvgIpc) is 2.65. The van der Waals surface area contributed by atoms with Crippen LogP contribution in [0, 0.1) is 10.1 Å². The van der Waals surface area contributed by atoms with Crippen LogP contribution < -0.4 is 4.74 Å². The minimum Gasteiger partial charge on any atom is -0.466 e. The van der Waals surface area contributed by atoms with E-state index in [1.807, 2.05) is 0 Å². The Labute approximate surface area is 154 Å². The van der Waals surface area contributed by atoms with Gasteiger partial charge in [0.05, 0.1) is 18.6 Å². The van der Waals surface area contributed by atoms with Crippen molar-refractivity contribution in [3.8, 4) is 5.75 Å². The van der Waals surface area contributed by atoms with E-state index in [4.69, 9.17) is 9.47 Å². The number of ether oxygens (including phenoxy) is 2.